The molecule has 128 valence electrons. The molecule has 0 saturated heterocycles. The largest absolute Gasteiger partial charge is 0.462 e. The van der Waals surface area contributed by atoms with Crippen molar-refractivity contribution in [3.05, 3.63) is 59.7 Å². The molecule has 2 rings (SSSR count). The average molecular weight is 326 g/mol. The molecule has 1 atom stereocenters. The molecule has 0 aromatic heterocycles. The predicted octanol–water partition coefficient (Wildman–Crippen LogP) is 4.27. The van der Waals surface area contributed by atoms with Crippen molar-refractivity contribution in [1.29, 1.82) is 0 Å². The zero-order valence-electron chi connectivity index (χ0n) is 14.4. The molecule has 0 radical (unpaired) electrons. The van der Waals surface area contributed by atoms with Crippen molar-refractivity contribution in [2.24, 2.45) is 0 Å². The molecule has 0 saturated carbocycles. The Balaban J connectivity index is 2.01. The van der Waals surface area contributed by atoms with Gasteiger partial charge in [-0.1, -0.05) is 37.3 Å². The molecule has 2 aromatic carbocycles. The fourth-order valence-electron chi connectivity index (χ4n) is 2.49. The van der Waals surface area contributed by atoms with Gasteiger partial charge in [0.15, 0.2) is 0 Å². The van der Waals surface area contributed by atoms with Gasteiger partial charge < -0.3 is 15.8 Å². The number of benzene rings is 2. The van der Waals surface area contributed by atoms with Crippen LogP contribution in [0.4, 0.5) is 11.4 Å². The van der Waals surface area contributed by atoms with Gasteiger partial charge in [0.1, 0.15) is 0 Å². The summed E-state index contributed by atoms with van der Waals surface area (Å²) in [5, 5.41) is 3.41. The smallest absolute Gasteiger partial charge is 0.340 e. The molecule has 2 aromatic rings. The van der Waals surface area contributed by atoms with Crippen molar-refractivity contribution >= 4 is 17.3 Å². The molecule has 0 aliphatic carbocycles. The van der Waals surface area contributed by atoms with Gasteiger partial charge in [0, 0.05) is 17.4 Å². The lowest BCUT2D eigenvalue weighted by Crippen LogP contribution is -2.19. The number of hydrogen-bond donors (Lipinski definition) is 2. The highest BCUT2D eigenvalue weighted by Crippen LogP contribution is 2.22. The lowest BCUT2D eigenvalue weighted by Gasteiger charge is -2.18. The van der Waals surface area contributed by atoms with Crippen LogP contribution in [0.15, 0.2) is 48.5 Å². The zero-order chi connectivity index (χ0) is 17.4. The molecule has 0 bridgehead atoms. The Morgan fingerprint density at radius 2 is 1.96 bits per heavy atom. The van der Waals surface area contributed by atoms with Crippen LogP contribution in [0.5, 0.6) is 0 Å². The Bertz CT molecular complexity index is 656. The summed E-state index contributed by atoms with van der Waals surface area (Å²) in [5.41, 5.74) is 8.96. The first-order chi connectivity index (χ1) is 11.6. The highest BCUT2D eigenvalue weighted by Gasteiger charge is 2.15. The SMILES string of the molecule is CCCOC(=O)c1cc(N)ccc1N[C@@H](C)CCc1ccccc1. The van der Waals surface area contributed by atoms with E-state index in [-0.39, 0.29) is 12.0 Å². The molecule has 0 aliphatic rings. The first-order valence-electron chi connectivity index (χ1n) is 8.47. The zero-order valence-corrected chi connectivity index (χ0v) is 14.4. The third kappa shape index (κ3) is 5.30. The molecule has 3 N–H and O–H groups in total. The molecular formula is C20H26N2O2. The summed E-state index contributed by atoms with van der Waals surface area (Å²) >= 11 is 0. The maximum Gasteiger partial charge on any atom is 0.340 e. The van der Waals surface area contributed by atoms with Crippen LogP contribution in [0, 0.1) is 0 Å². The van der Waals surface area contributed by atoms with Crippen LogP contribution >= 0.6 is 0 Å². The van der Waals surface area contributed by atoms with Crippen molar-refractivity contribution in [3.63, 3.8) is 0 Å². The topological polar surface area (TPSA) is 64.3 Å². The van der Waals surface area contributed by atoms with Gasteiger partial charge in [-0.2, -0.15) is 0 Å². The number of esters is 1. The van der Waals surface area contributed by atoms with Crippen LogP contribution in [0.3, 0.4) is 0 Å². The maximum atomic E-state index is 12.2. The normalized spacial score (nSPS) is 11.8. The van der Waals surface area contributed by atoms with Gasteiger partial charge in [0.2, 0.25) is 0 Å². The molecule has 0 aliphatic heterocycles. The van der Waals surface area contributed by atoms with Crippen LogP contribution in [-0.4, -0.2) is 18.6 Å². The van der Waals surface area contributed by atoms with Crippen LogP contribution in [-0.2, 0) is 11.2 Å². The Morgan fingerprint density at radius 3 is 2.67 bits per heavy atom. The van der Waals surface area contributed by atoms with Crippen LogP contribution < -0.4 is 11.1 Å². The summed E-state index contributed by atoms with van der Waals surface area (Å²) in [4.78, 5) is 12.2. The predicted molar refractivity (Wildman–Crippen MR) is 99.3 cm³/mol. The van der Waals surface area contributed by atoms with Gasteiger partial charge in [-0.05, 0) is 49.9 Å². The lowest BCUT2D eigenvalue weighted by atomic mass is 10.1. The molecular weight excluding hydrogens is 300 g/mol. The standard InChI is InChI=1S/C20H26N2O2/c1-3-13-24-20(23)18-14-17(21)11-12-19(18)22-15(2)9-10-16-7-5-4-6-8-16/h4-8,11-12,14-15,22H,3,9-10,13,21H2,1-2H3/t15-/m0/s1. The number of aryl methyl sites for hydroxylation is 1. The average Bonchev–Trinajstić information content (AvgIpc) is 2.60. The molecule has 0 unspecified atom stereocenters. The van der Waals surface area contributed by atoms with Gasteiger partial charge in [0.25, 0.3) is 0 Å². The van der Waals surface area contributed by atoms with E-state index in [0.717, 1.165) is 24.9 Å². The Morgan fingerprint density at radius 1 is 1.21 bits per heavy atom. The number of nitrogen functional groups attached to an aromatic ring is 1. The number of anilines is 2. The van der Waals surface area contributed by atoms with Gasteiger partial charge in [-0.25, -0.2) is 4.79 Å². The Labute approximate surface area is 144 Å². The minimum Gasteiger partial charge on any atom is -0.462 e. The van der Waals surface area contributed by atoms with Crippen molar-refractivity contribution < 1.29 is 9.53 Å². The fourth-order valence-corrected chi connectivity index (χ4v) is 2.49. The third-order valence-corrected chi connectivity index (χ3v) is 3.81. The van der Waals surface area contributed by atoms with E-state index in [4.69, 9.17) is 10.5 Å². The van der Waals surface area contributed by atoms with Gasteiger partial charge in [0.05, 0.1) is 12.2 Å². The second-order valence-electron chi connectivity index (χ2n) is 6.01. The van der Waals surface area contributed by atoms with E-state index in [9.17, 15) is 4.79 Å². The first-order valence-corrected chi connectivity index (χ1v) is 8.47. The quantitative estimate of drug-likeness (QED) is 0.562. The van der Waals surface area contributed by atoms with Gasteiger partial charge in [-0.3, -0.25) is 0 Å². The number of carbonyl (C=O) groups excluding carboxylic acids is 1. The molecule has 0 amide bonds. The van der Waals surface area contributed by atoms with E-state index in [1.54, 1.807) is 12.1 Å². The van der Waals surface area contributed by atoms with E-state index in [2.05, 4.69) is 36.5 Å². The van der Waals surface area contributed by atoms with Gasteiger partial charge >= 0.3 is 5.97 Å². The minimum absolute atomic E-state index is 0.228. The number of ether oxygens (including phenoxy) is 1. The van der Waals surface area contributed by atoms with Crippen LogP contribution in [0.1, 0.15) is 42.6 Å². The molecule has 4 heteroatoms. The van der Waals surface area contributed by atoms with Crippen molar-refractivity contribution in [2.75, 3.05) is 17.7 Å². The van der Waals surface area contributed by atoms with Crippen molar-refractivity contribution in [3.8, 4) is 0 Å². The van der Waals surface area contributed by atoms with E-state index in [1.165, 1.54) is 5.56 Å². The summed E-state index contributed by atoms with van der Waals surface area (Å²) in [6, 6.07) is 15.9. The van der Waals surface area contributed by atoms with Crippen LogP contribution in [0.2, 0.25) is 0 Å². The maximum absolute atomic E-state index is 12.2. The number of nitrogens with one attached hydrogen (secondary N) is 1. The Hall–Kier alpha value is -2.49. The molecule has 0 heterocycles. The van der Waals surface area contributed by atoms with Crippen LogP contribution in [0.25, 0.3) is 0 Å². The number of carbonyl (C=O) groups is 1. The highest BCUT2D eigenvalue weighted by molar-refractivity contribution is 5.96. The molecule has 24 heavy (non-hydrogen) atoms. The minimum atomic E-state index is -0.332. The number of rotatable bonds is 8. The summed E-state index contributed by atoms with van der Waals surface area (Å²) in [7, 11) is 0. The second kappa shape index (κ2) is 8.96. The highest BCUT2D eigenvalue weighted by atomic mass is 16.5. The Kier molecular flexibility index (Phi) is 6.67. The summed E-state index contributed by atoms with van der Waals surface area (Å²) in [6.07, 6.45) is 2.75. The molecule has 0 spiro atoms. The van der Waals surface area contributed by atoms with E-state index >= 15 is 0 Å². The van der Waals surface area contributed by atoms with E-state index < -0.39 is 0 Å². The fraction of sp³-hybridized carbons (Fsp3) is 0.350. The first kappa shape index (κ1) is 17.9. The number of nitrogens with two attached hydrogens (primary N) is 1. The third-order valence-electron chi connectivity index (χ3n) is 3.81. The van der Waals surface area contributed by atoms with Crippen molar-refractivity contribution in [2.45, 2.75) is 39.2 Å². The summed E-state index contributed by atoms with van der Waals surface area (Å²) in [5.74, 6) is -0.332. The molecule has 4 nitrogen and oxygen atoms in total. The lowest BCUT2D eigenvalue weighted by molar-refractivity contribution is 0.0506. The van der Waals surface area contributed by atoms with Crippen molar-refractivity contribution in [1.82, 2.24) is 0 Å². The summed E-state index contributed by atoms with van der Waals surface area (Å²) < 4.78 is 5.25. The second-order valence-corrected chi connectivity index (χ2v) is 6.01. The van der Waals surface area contributed by atoms with E-state index in [0.29, 0.717) is 17.9 Å². The summed E-state index contributed by atoms with van der Waals surface area (Å²) in [6.45, 7) is 4.49. The van der Waals surface area contributed by atoms with E-state index in [1.807, 2.05) is 19.1 Å². The number of hydrogen-bond acceptors (Lipinski definition) is 4. The van der Waals surface area contributed by atoms with Gasteiger partial charge in [-0.15, -0.1) is 0 Å². The monoisotopic (exact) mass is 326 g/mol. The molecule has 0 fully saturated rings.